The third kappa shape index (κ3) is 2.91. The highest BCUT2D eigenvalue weighted by molar-refractivity contribution is 6.21. The van der Waals surface area contributed by atoms with Gasteiger partial charge in [0.2, 0.25) is 0 Å². The molecule has 0 radical (unpaired) electrons. The number of aromatic amines is 1. The third-order valence-corrected chi connectivity index (χ3v) is 4.98. The highest BCUT2D eigenvalue weighted by Crippen LogP contribution is 2.37. The van der Waals surface area contributed by atoms with Crippen molar-refractivity contribution in [3.8, 4) is 0 Å². The maximum atomic E-state index is 11.8. The van der Waals surface area contributed by atoms with Gasteiger partial charge in [-0.3, -0.25) is 4.79 Å². The van der Waals surface area contributed by atoms with Crippen LogP contribution in [0.4, 0.5) is 0 Å². The van der Waals surface area contributed by atoms with Gasteiger partial charge in [-0.05, 0) is 60.7 Å². The summed E-state index contributed by atoms with van der Waals surface area (Å²) in [5.74, 6) is 0.502. The topological polar surface area (TPSA) is 32.9 Å². The normalized spacial score (nSPS) is 19.8. The van der Waals surface area contributed by atoms with Gasteiger partial charge in [-0.15, -0.1) is 11.6 Å². The summed E-state index contributed by atoms with van der Waals surface area (Å²) in [7, 11) is 0. The lowest BCUT2D eigenvalue weighted by Gasteiger charge is -2.23. The lowest BCUT2D eigenvalue weighted by atomic mass is 9.87. The molecule has 2 nitrogen and oxygen atoms in total. The molecule has 1 aromatic carbocycles. The number of halogens is 1. The van der Waals surface area contributed by atoms with E-state index in [-0.39, 0.29) is 10.9 Å². The molecule has 21 heavy (non-hydrogen) atoms. The summed E-state index contributed by atoms with van der Waals surface area (Å²) in [5.41, 5.74) is 2.87. The molecule has 1 aliphatic carbocycles. The van der Waals surface area contributed by atoms with Crippen LogP contribution in [0.1, 0.15) is 42.7 Å². The van der Waals surface area contributed by atoms with Gasteiger partial charge in [0.05, 0.1) is 5.38 Å². The van der Waals surface area contributed by atoms with Gasteiger partial charge in [0, 0.05) is 11.1 Å². The fraction of sp³-hybridized carbons (Fsp3) is 0.389. The molecule has 0 saturated carbocycles. The van der Waals surface area contributed by atoms with E-state index in [1.54, 1.807) is 0 Å². The Morgan fingerprint density at radius 3 is 2.90 bits per heavy atom. The molecular weight excluding hydrogens is 282 g/mol. The Bertz CT molecular complexity index is 732. The molecule has 0 fully saturated rings. The number of alkyl halides is 1. The molecule has 0 bridgehead atoms. The predicted molar refractivity (Wildman–Crippen MR) is 89.0 cm³/mol. The van der Waals surface area contributed by atoms with Gasteiger partial charge in [-0.25, -0.2) is 0 Å². The van der Waals surface area contributed by atoms with Crippen molar-refractivity contribution in [1.82, 2.24) is 4.98 Å². The quantitative estimate of drug-likeness (QED) is 0.645. The van der Waals surface area contributed by atoms with E-state index in [4.69, 9.17) is 11.6 Å². The molecule has 1 aromatic heterocycles. The Balaban J connectivity index is 1.98. The van der Waals surface area contributed by atoms with Crippen LogP contribution in [0.15, 0.2) is 41.2 Å². The van der Waals surface area contributed by atoms with Gasteiger partial charge >= 0.3 is 0 Å². The molecule has 1 heterocycles. The monoisotopic (exact) mass is 301 g/mol. The van der Waals surface area contributed by atoms with Crippen molar-refractivity contribution >= 4 is 22.5 Å². The number of benzene rings is 1. The van der Waals surface area contributed by atoms with Crippen LogP contribution in [0, 0.1) is 5.92 Å². The number of aromatic nitrogens is 1. The number of aryl methyl sites for hydroxylation is 1. The van der Waals surface area contributed by atoms with E-state index in [0.29, 0.717) is 5.92 Å². The summed E-state index contributed by atoms with van der Waals surface area (Å²) < 4.78 is 0. The van der Waals surface area contributed by atoms with E-state index in [1.165, 1.54) is 0 Å². The van der Waals surface area contributed by atoms with Crippen LogP contribution < -0.4 is 5.56 Å². The number of pyridine rings is 1. The van der Waals surface area contributed by atoms with Gasteiger partial charge < -0.3 is 4.98 Å². The second-order valence-electron chi connectivity index (χ2n) is 5.77. The zero-order chi connectivity index (χ0) is 14.8. The molecular formula is C18H20ClNO. The molecule has 0 aliphatic heterocycles. The molecule has 0 spiro atoms. The summed E-state index contributed by atoms with van der Waals surface area (Å²) in [4.78, 5) is 14.8. The number of H-pyrrole nitrogens is 1. The van der Waals surface area contributed by atoms with Crippen LogP contribution in [0.3, 0.4) is 0 Å². The largest absolute Gasteiger partial charge is 0.322 e. The Morgan fingerprint density at radius 1 is 1.33 bits per heavy atom. The number of nitrogens with one attached hydrogen (secondary N) is 1. The Labute approximate surface area is 129 Å². The second-order valence-corrected chi connectivity index (χ2v) is 6.24. The van der Waals surface area contributed by atoms with Crippen molar-refractivity contribution in [1.29, 1.82) is 0 Å². The smallest absolute Gasteiger partial charge is 0.251 e. The Hall–Kier alpha value is -1.54. The van der Waals surface area contributed by atoms with E-state index in [0.717, 1.165) is 47.7 Å². The summed E-state index contributed by atoms with van der Waals surface area (Å²) >= 11 is 6.68. The number of fused-ring (bicyclic) bond motifs is 1. The van der Waals surface area contributed by atoms with Crippen molar-refractivity contribution < 1.29 is 0 Å². The van der Waals surface area contributed by atoms with E-state index in [1.807, 2.05) is 25.1 Å². The molecule has 1 N–H and O–H groups in total. The maximum Gasteiger partial charge on any atom is 0.251 e. The van der Waals surface area contributed by atoms with E-state index < -0.39 is 0 Å². The summed E-state index contributed by atoms with van der Waals surface area (Å²) in [6.07, 6.45) is 8.53. The van der Waals surface area contributed by atoms with Crippen molar-refractivity contribution in [3.63, 3.8) is 0 Å². The zero-order valence-corrected chi connectivity index (χ0v) is 13.0. The van der Waals surface area contributed by atoms with Gasteiger partial charge in [0.1, 0.15) is 0 Å². The van der Waals surface area contributed by atoms with E-state index in [9.17, 15) is 4.79 Å². The van der Waals surface area contributed by atoms with Crippen molar-refractivity contribution in [2.45, 2.75) is 38.0 Å². The minimum absolute atomic E-state index is 0.0117. The van der Waals surface area contributed by atoms with Gasteiger partial charge in [0.25, 0.3) is 5.56 Å². The number of hydrogen-bond acceptors (Lipinski definition) is 1. The van der Waals surface area contributed by atoms with Gasteiger partial charge in [-0.2, -0.15) is 0 Å². The van der Waals surface area contributed by atoms with E-state index >= 15 is 0 Å². The minimum atomic E-state index is 0.0117. The first-order valence-electron chi connectivity index (χ1n) is 7.64. The SMILES string of the molecule is CCc1cc2cc(C(Cl)C3CC=CCC3)ccc2[nH]c1=O. The number of allylic oxidation sites excluding steroid dienone is 2. The van der Waals surface area contributed by atoms with Crippen molar-refractivity contribution in [2.24, 2.45) is 5.92 Å². The lowest BCUT2D eigenvalue weighted by Crippen LogP contribution is -2.12. The highest BCUT2D eigenvalue weighted by Gasteiger charge is 2.21. The summed E-state index contributed by atoms with van der Waals surface area (Å²) in [6.45, 7) is 2.00. The molecule has 2 unspecified atom stereocenters. The van der Waals surface area contributed by atoms with Crippen LogP contribution in [-0.4, -0.2) is 4.98 Å². The Morgan fingerprint density at radius 2 is 2.19 bits per heavy atom. The highest BCUT2D eigenvalue weighted by atomic mass is 35.5. The first-order valence-corrected chi connectivity index (χ1v) is 8.07. The number of rotatable bonds is 3. The van der Waals surface area contributed by atoms with Gasteiger partial charge in [-0.1, -0.05) is 25.1 Å². The summed E-state index contributed by atoms with van der Waals surface area (Å²) in [5, 5.41) is 1.11. The molecule has 110 valence electrons. The van der Waals surface area contributed by atoms with Crippen LogP contribution in [-0.2, 0) is 6.42 Å². The fourth-order valence-corrected chi connectivity index (χ4v) is 3.42. The Kier molecular flexibility index (Phi) is 4.16. The molecule has 3 heteroatoms. The molecule has 3 rings (SSSR count). The average Bonchev–Trinajstić information content (AvgIpc) is 2.54. The number of hydrogen-bond donors (Lipinski definition) is 1. The first-order chi connectivity index (χ1) is 10.2. The zero-order valence-electron chi connectivity index (χ0n) is 12.2. The minimum Gasteiger partial charge on any atom is -0.322 e. The third-order valence-electron chi connectivity index (χ3n) is 4.37. The molecule has 0 amide bonds. The fourth-order valence-electron chi connectivity index (χ4n) is 3.06. The van der Waals surface area contributed by atoms with Crippen LogP contribution in [0.25, 0.3) is 10.9 Å². The standard InChI is InChI=1S/C18H20ClNO/c1-2-12-10-15-11-14(8-9-16(15)20-18(12)21)17(19)13-6-4-3-5-7-13/h3-4,8-11,13,17H,2,5-7H2,1H3,(H,20,21). The lowest BCUT2D eigenvalue weighted by molar-refractivity contribution is 0.464. The maximum absolute atomic E-state index is 11.8. The molecule has 1 aliphatic rings. The average molecular weight is 302 g/mol. The molecule has 2 aromatic rings. The first kappa shape index (κ1) is 14.4. The van der Waals surface area contributed by atoms with E-state index in [2.05, 4.69) is 23.2 Å². The predicted octanol–water partition coefficient (Wildman–Crippen LogP) is 4.73. The van der Waals surface area contributed by atoms with Crippen LogP contribution >= 0.6 is 11.6 Å². The second kappa shape index (κ2) is 6.07. The van der Waals surface area contributed by atoms with Crippen molar-refractivity contribution in [3.05, 3.63) is 57.9 Å². The summed E-state index contributed by atoms with van der Waals surface area (Å²) in [6, 6.07) is 8.13. The van der Waals surface area contributed by atoms with Crippen molar-refractivity contribution in [2.75, 3.05) is 0 Å². The van der Waals surface area contributed by atoms with Gasteiger partial charge in [0.15, 0.2) is 0 Å². The molecule has 0 saturated heterocycles. The molecule has 2 atom stereocenters. The van der Waals surface area contributed by atoms with Crippen LogP contribution in [0.2, 0.25) is 0 Å². The van der Waals surface area contributed by atoms with Crippen LogP contribution in [0.5, 0.6) is 0 Å².